The number of aryl methyl sites for hydroxylation is 1. The van der Waals surface area contributed by atoms with Crippen molar-refractivity contribution in [1.29, 1.82) is 0 Å². The molecule has 126 valence electrons. The van der Waals surface area contributed by atoms with Crippen molar-refractivity contribution >= 4 is 28.1 Å². The van der Waals surface area contributed by atoms with Crippen molar-refractivity contribution in [3.63, 3.8) is 0 Å². The summed E-state index contributed by atoms with van der Waals surface area (Å²) < 4.78 is 2.00. The lowest BCUT2D eigenvalue weighted by Gasteiger charge is -2.05. The van der Waals surface area contributed by atoms with Crippen molar-refractivity contribution in [3.05, 3.63) is 59.6 Å². The van der Waals surface area contributed by atoms with E-state index in [9.17, 15) is 4.79 Å². The number of aromatic nitrogens is 4. The second kappa shape index (κ2) is 6.52. The van der Waals surface area contributed by atoms with Crippen molar-refractivity contribution in [2.45, 2.75) is 13.5 Å². The summed E-state index contributed by atoms with van der Waals surface area (Å²) in [5, 5.41) is 6.64. The highest BCUT2D eigenvalue weighted by atomic mass is 32.1. The van der Waals surface area contributed by atoms with E-state index in [1.807, 2.05) is 35.9 Å². The highest BCUT2D eigenvalue weighted by Crippen LogP contribution is 2.26. The highest BCUT2D eigenvalue weighted by molar-refractivity contribution is 7.13. The van der Waals surface area contributed by atoms with Gasteiger partial charge >= 0.3 is 0 Å². The number of hydrogen-bond acceptors (Lipinski definition) is 4. The van der Waals surface area contributed by atoms with E-state index < -0.39 is 0 Å². The number of amides is 1. The van der Waals surface area contributed by atoms with Gasteiger partial charge in [0.1, 0.15) is 16.5 Å². The van der Waals surface area contributed by atoms with Gasteiger partial charge in [0.2, 0.25) is 0 Å². The quantitative estimate of drug-likeness (QED) is 0.580. The Balaban J connectivity index is 1.43. The van der Waals surface area contributed by atoms with Crippen molar-refractivity contribution in [3.8, 4) is 10.7 Å². The molecule has 0 bridgehead atoms. The van der Waals surface area contributed by atoms with Crippen LogP contribution in [0.25, 0.3) is 21.6 Å². The van der Waals surface area contributed by atoms with Crippen LogP contribution in [0.5, 0.6) is 0 Å². The number of rotatable bonds is 5. The minimum Gasteiger partial charge on any atom is -0.353 e. The van der Waals surface area contributed by atoms with Gasteiger partial charge in [0.25, 0.3) is 5.91 Å². The molecule has 0 unspecified atom stereocenters. The molecule has 0 aliphatic heterocycles. The van der Waals surface area contributed by atoms with E-state index in [2.05, 4.69) is 32.4 Å². The van der Waals surface area contributed by atoms with Gasteiger partial charge in [-0.25, -0.2) is 9.97 Å². The third-order valence-corrected chi connectivity index (χ3v) is 4.93. The minimum absolute atomic E-state index is 0.156. The van der Waals surface area contributed by atoms with Gasteiger partial charge in [0, 0.05) is 41.8 Å². The molecule has 25 heavy (non-hydrogen) atoms. The van der Waals surface area contributed by atoms with Crippen LogP contribution in [0.1, 0.15) is 16.3 Å². The zero-order valence-electron chi connectivity index (χ0n) is 13.7. The molecule has 6 nitrogen and oxygen atoms in total. The Bertz CT molecular complexity index is 996. The molecule has 7 heteroatoms. The van der Waals surface area contributed by atoms with Crippen LogP contribution in [0.4, 0.5) is 0 Å². The van der Waals surface area contributed by atoms with Crippen LogP contribution in [0.2, 0.25) is 0 Å². The van der Waals surface area contributed by atoms with Gasteiger partial charge in [-0.2, -0.15) is 0 Å². The average Bonchev–Trinajstić information content (AvgIpc) is 3.33. The highest BCUT2D eigenvalue weighted by Gasteiger charge is 2.13. The van der Waals surface area contributed by atoms with Crippen LogP contribution in [0, 0.1) is 6.92 Å². The molecule has 2 N–H and O–H groups in total. The number of nitrogens with one attached hydrogen (secondary N) is 2. The molecule has 0 atom stereocenters. The predicted octanol–water partition coefficient (Wildman–Crippen LogP) is 3.23. The summed E-state index contributed by atoms with van der Waals surface area (Å²) in [4.78, 5) is 24.2. The summed E-state index contributed by atoms with van der Waals surface area (Å²) in [5.41, 5.74) is 2.44. The molecule has 4 rings (SSSR count). The maximum absolute atomic E-state index is 12.3. The van der Waals surface area contributed by atoms with E-state index in [0.29, 0.717) is 18.8 Å². The largest absolute Gasteiger partial charge is 0.353 e. The van der Waals surface area contributed by atoms with Gasteiger partial charge in [-0.1, -0.05) is 18.2 Å². The Hall–Kier alpha value is -2.93. The number of benzene rings is 1. The van der Waals surface area contributed by atoms with Gasteiger partial charge in [0.05, 0.1) is 5.69 Å². The molecular formula is C18H17N5OS. The van der Waals surface area contributed by atoms with Crippen LogP contribution in [-0.2, 0) is 6.54 Å². The van der Waals surface area contributed by atoms with E-state index in [4.69, 9.17) is 0 Å². The fourth-order valence-corrected chi connectivity index (χ4v) is 3.48. The topological polar surface area (TPSA) is 75.6 Å². The Morgan fingerprint density at radius 1 is 1.36 bits per heavy atom. The van der Waals surface area contributed by atoms with Crippen molar-refractivity contribution < 1.29 is 4.79 Å². The first-order valence-corrected chi connectivity index (χ1v) is 8.88. The number of carbonyl (C=O) groups is 1. The number of fused-ring (bicyclic) bond motifs is 1. The fourth-order valence-electron chi connectivity index (χ4n) is 2.71. The lowest BCUT2D eigenvalue weighted by atomic mass is 10.2. The van der Waals surface area contributed by atoms with Crippen LogP contribution in [0.15, 0.2) is 48.1 Å². The molecule has 0 saturated carbocycles. The van der Waals surface area contributed by atoms with Crippen LogP contribution in [-0.4, -0.2) is 32.0 Å². The molecule has 0 fully saturated rings. The first-order chi connectivity index (χ1) is 12.2. The molecule has 0 spiro atoms. The molecule has 3 aromatic heterocycles. The van der Waals surface area contributed by atoms with Crippen LogP contribution >= 0.6 is 11.3 Å². The lowest BCUT2D eigenvalue weighted by Crippen LogP contribution is -2.27. The molecule has 1 aromatic carbocycles. The Morgan fingerprint density at radius 3 is 3.04 bits per heavy atom. The van der Waals surface area contributed by atoms with E-state index >= 15 is 0 Å². The van der Waals surface area contributed by atoms with Gasteiger partial charge in [-0.05, 0) is 19.1 Å². The number of carbonyl (C=O) groups excluding carboxylic acids is 1. The summed E-state index contributed by atoms with van der Waals surface area (Å²) >= 11 is 1.46. The number of thiazole rings is 1. The van der Waals surface area contributed by atoms with Gasteiger partial charge in [-0.3, -0.25) is 4.79 Å². The van der Waals surface area contributed by atoms with Crippen molar-refractivity contribution in [1.82, 2.24) is 24.8 Å². The number of para-hydroxylation sites is 1. The number of H-pyrrole nitrogens is 1. The molecule has 3 heterocycles. The second-order valence-corrected chi connectivity index (χ2v) is 6.59. The molecule has 0 saturated heterocycles. The van der Waals surface area contributed by atoms with Crippen LogP contribution < -0.4 is 5.32 Å². The summed E-state index contributed by atoms with van der Waals surface area (Å²) in [7, 11) is 0. The van der Waals surface area contributed by atoms with Crippen LogP contribution in [0.3, 0.4) is 0 Å². The van der Waals surface area contributed by atoms with Crippen molar-refractivity contribution in [2.75, 3.05) is 6.54 Å². The third-order valence-electron chi connectivity index (χ3n) is 4.06. The van der Waals surface area contributed by atoms with E-state index in [1.165, 1.54) is 11.3 Å². The zero-order chi connectivity index (χ0) is 17.2. The number of aromatic amines is 1. The predicted molar refractivity (Wildman–Crippen MR) is 98.7 cm³/mol. The monoisotopic (exact) mass is 351 g/mol. The minimum atomic E-state index is -0.156. The number of hydrogen-bond donors (Lipinski definition) is 2. The molecule has 4 aromatic rings. The van der Waals surface area contributed by atoms with Gasteiger partial charge < -0.3 is 14.9 Å². The maximum Gasteiger partial charge on any atom is 0.270 e. The molecular weight excluding hydrogens is 334 g/mol. The molecule has 0 aliphatic carbocycles. The molecule has 1 amide bonds. The summed E-state index contributed by atoms with van der Waals surface area (Å²) in [6.45, 7) is 3.17. The Kier molecular flexibility index (Phi) is 4.07. The summed E-state index contributed by atoms with van der Waals surface area (Å²) in [5.74, 6) is 0.778. The van der Waals surface area contributed by atoms with E-state index in [1.54, 1.807) is 11.6 Å². The smallest absolute Gasteiger partial charge is 0.270 e. The van der Waals surface area contributed by atoms with E-state index in [-0.39, 0.29) is 5.91 Å². The Labute approximate surface area is 148 Å². The molecule has 0 radical (unpaired) electrons. The number of imidazole rings is 1. The SMILES string of the molecule is Cc1nccn1CCNC(=O)c1csc(-c2cc3ccccc3[nH]2)n1. The fraction of sp³-hybridized carbons (Fsp3) is 0.167. The standard InChI is InChI=1S/C18H17N5OS/c1-12-19-6-8-23(12)9-7-20-17(24)16-11-25-18(22-16)15-10-13-4-2-3-5-14(13)21-15/h2-6,8,10-11,21H,7,9H2,1H3,(H,20,24). The van der Waals surface area contributed by atoms with Gasteiger partial charge in [-0.15, -0.1) is 11.3 Å². The summed E-state index contributed by atoms with van der Waals surface area (Å²) in [6.07, 6.45) is 3.66. The first kappa shape index (κ1) is 15.6. The molecule has 0 aliphatic rings. The third kappa shape index (κ3) is 3.18. The second-order valence-electron chi connectivity index (χ2n) is 5.73. The average molecular weight is 351 g/mol. The first-order valence-electron chi connectivity index (χ1n) is 8.00. The maximum atomic E-state index is 12.3. The number of nitrogens with zero attached hydrogens (tertiary/aromatic N) is 3. The summed E-state index contributed by atoms with van der Waals surface area (Å²) in [6, 6.07) is 10.1. The van der Waals surface area contributed by atoms with Crippen molar-refractivity contribution in [2.24, 2.45) is 0 Å². The van der Waals surface area contributed by atoms with Gasteiger partial charge in [0.15, 0.2) is 0 Å². The zero-order valence-corrected chi connectivity index (χ0v) is 14.5. The Morgan fingerprint density at radius 2 is 2.24 bits per heavy atom. The lowest BCUT2D eigenvalue weighted by molar-refractivity contribution is 0.0948. The normalized spacial score (nSPS) is 11.1. The van der Waals surface area contributed by atoms with E-state index in [0.717, 1.165) is 27.4 Å².